The van der Waals surface area contributed by atoms with Crippen molar-refractivity contribution in [2.45, 2.75) is 86.0 Å². The second kappa shape index (κ2) is 13.9. The summed E-state index contributed by atoms with van der Waals surface area (Å²) in [6.07, 6.45) is 16.0. The van der Waals surface area contributed by atoms with Gasteiger partial charge in [0.15, 0.2) is 0 Å². The Bertz CT molecular complexity index is 272. The molecule has 0 aliphatic heterocycles. The summed E-state index contributed by atoms with van der Waals surface area (Å²) in [5.74, 6) is 0. The molecule has 2 heteroatoms. The Balaban J connectivity index is 5.40. The van der Waals surface area contributed by atoms with Gasteiger partial charge in [0.2, 0.25) is 0 Å². The van der Waals surface area contributed by atoms with E-state index in [9.17, 15) is 5.11 Å². The fourth-order valence-corrected chi connectivity index (χ4v) is 19.4. The van der Waals surface area contributed by atoms with Gasteiger partial charge in [-0.1, -0.05) is 0 Å². The van der Waals surface area contributed by atoms with E-state index in [0.717, 1.165) is 6.42 Å². The first-order valence-electron chi connectivity index (χ1n) is 9.18. The van der Waals surface area contributed by atoms with Gasteiger partial charge in [0.1, 0.15) is 0 Å². The maximum absolute atomic E-state index is 9.50. The molecule has 0 radical (unpaired) electrons. The van der Waals surface area contributed by atoms with E-state index in [4.69, 9.17) is 0 Å². The summed E-state index contributed by atoms with van der Waals surface area (Å²) in [5, 5.41) is 9.50. The SMILES string of the molecule is CC/C=C\[C](=C/CO)[Sn]([CH2]CCC)([CH2]CCC)[CH2]CCC. The maximum atomic E-state index is 9.50. The normalized spacial score (nSPS) is 13.3. The molecule has 1 nitrogen and oxygen atoms in total. The zero-order valence-corrected chi connectivity index (χ0v) is 17.8. The molecule has 0 heterocycles. The van der Waals surface area contributed by atoms with Crippen molar-refractivity contribution in [2.75, 3.05) is 6.61 Å². The van der Waals surface area contributed by atoms with Crippen LogP contribution in [0.15, 0.2) is 21.8 Å². The van der Waals surface area contributed by atoms with Crippen molar-refractivity contribution in [1.82, 2.24) is 0 Å². The predicted octanol–water partition coefficient (Wildman–Crippen LogP) is 6.26. The quantitative estimate of drug-likeness (QED) is 0.285. The summed E-state index contributed by atoms with van der Waals surface area (Å²) in [6.45, 7) is 9.36. The Kier molecular flexibility index (Phi) is 14.0. The molecule has 0 fully saturated rings. The first-order valence-corrected chi connectivity index (χ1v) is 16.7. The minimum atomic E-state index is -2.31. The second-order valence-electron chi connectivity index (χ2n) is 6.24. The van der Waals surface area contributed by atoms with E-state index in [2.05, 4.69) is 45.9 Å². The van der Waals surface area contributed by atoms with E-state index in [1.807, 2.05) is 0 Å². The topological polar surface area (TPSA) is 20.2 Å². The average molecular weight is 401 g/mol. The molecule has 0 saturated carbocycles. The number of hydrogen-bond donors (Lipinski definition) is 1. The van der Waals surface area contributed by atoms with E-state index in [1.165, 1.54) is 51.8 Å². The Morgan fingerprint density at radius 1 is 0.857 bits per heavy atom. The predicted molar refractivity (Wildman–Crippen MR) is 99.5 cm³/mol. The van der Waals surface area contributed by atoms with Crippen LogP contribution in [0.4, 0.5) is 0 Å². The molecule has 0 aliphatic rings. The number of hydrogen-bond acceptors (Lipinski definition) is 1. The van der Waals surface area contributed by atoms with Gasteiger partial charge < -0.3 is 0 Å². The summed E-state index contributed by atoms with van der Waals surface area (Å²) in [7, 11) is 0. The number of aliphatic hydroxyl groups excluding tert-OH is 1. The molecular formula is C19H38OSn. The Morgan fingerprint density at radius 3 is 1.67 bits per heavy atom. The van der Waals surface area contributed by atoms with Crippen LogP contribution in [0.3, 0.4) is 0 Å². The van der Waals surface area contributed by atoms with Gasteiger partial charge in [-0.05, 0) is 0 Å². The molecule has 0 aromatic carbocycles. The summed E-state index contributed by atoms with van der Waals surface area (Å²) in [4.78, 5) is 0. The molecule has 0 spiro atoms. The first-order chi connectivity index (χ1) is 10.2. The molecule has 21 heavy (non-hydrogen) atoms. The van der Waals surface area contributed by atoms with Crippen molar-refractivity contribution in [3.63, 3.8) is 0 Å². The van der Waals surface area contributed by atoms with Gasteiger partial charge >= 0.3 is 138 Å². The van der Waals surface area contributed by atoms with Gasteiger partial charge in [0.25, 0.3) is 0 Å². The van der Waals surface area contributed by atoms with Crippen LogP contribution in [0.2, 0.25) is 13.3 Å². The van der Waals surface area contributed by atoms with E-state index in [1.54, 1.807) is 3.59 Å². The van der Waals surface area contributed by atoms with Crippen molar-refractivity contribution in [1.29, 1.82) is 0 Å². The van der Waals surface area contributed by atoms with Crippen LogP contribution in [-0.2, 0) is 0 Å². The van der Waals surface area contributed by atoms with Gasteiger partial charge in [-0.3, -0.25) is 0 Å². The van der Waals surface area contributed by atoms with E-state index in [-0.39, 0.29) is 6.61 Å². The Labute approximate surface area is 137 Å². The van der Waals surface area contributed by atoms with Gasteiger partial charge in [0.05, 0.1) is 0 Å². The van der Waals surface area contributed by atoms with Crippen LogP contribution in [-0.4, -0.2) is 30.1 Å². The van der Waals surface area contributed by atoms with Gasteiger partial charge in [-0.15, -0.1) is 0 Å². The molecule has 0 aliphatic carbocycles. The first kappa shape index (κ1) is 21.2. The molecule has 0 unspecified atom stereocenters. The van der Waals surface area contributed by atoms with Crippen molar-refractivity contribution >= 4 is 18.4 Å². The summed E-state index contributed by atoms with van der Waals surface area (Å²) < 4.78 is 6.03. The van der Waals surface area contributed by atoms with Crippen molar-refractivity contribution < 1.29 is 5.11 Å². The fraction of sp³-hybridized carbons (Fsp3) is 0.789. The van der Waals surface area contributed by atoms with Crippen molar-refractivity contribution in [3.8, 4) is 0 Å². The molecule has 0 atom stereocenters. The van der Waals surface area contributed by atoms with E-state index < -0.39 is 18.4 Å². The fourth-order valence-electron chi connectivity index (χ4n) is 3.16. The van der Waals surface area contributed by atoms with Crippen LogP contribution in [0.1, 0.15) is 72.6 Å². The molecule has 0 aromatic heterocycles. The summed E-state index contributed by atoms with van der Waals surface area (Å²) in [6, 6.07) is 0. The molecule has 0 bridgehead atoms. The van der Waals surface area contributed by atoms with Gasteiger partial charge in [0, 0.05) is 0 Å². The number of aliphatic hydroxyl groups is 1. The monoisotopic (exact) mass is 402 g/mol. The molecule has 1 N–H and O–H groups in total. The van der Waals surface area contributed by atoms with Crippen molar-refractivity contribution in [3.05, 3.63) is 21.8 Å². The molecular weight excluding hydrogens is 363 g/mol. The summed E-state index contributed by atoms with van der Waals surface area (Å²) in [5.41, 5.74) is 0. The third kappa shape index (κ3) is 8.44. The molecule has 124 valence electrons. The molecule has 0 rings (SSSR count). The zero-order chi connectivity index (χ0) is 16.0. The number of allylic oxidation sites excluding steroid dienone is 3. The van der Waals surface area contributed by atoms with Gasteiger partial charge in [-0.25, -0.2) is 0 Å². The molecule has 0 saturated heterocycles. The molecule has 0 amide bonds. The standard InChI is InChI=1S/C7H11O.3C4H9.Sn/c1-2-3-4-5-6-7-8;3*1-3-4-2;/h3-4,6,8H,2,7H2,1H3;3*1,3-4H2,2H3;/b4-3-,6-5?;;;;. The zero-order valence-electron chi connectivity index (χ0n) is 15.0. The second-order valence-corrected chi connectivity index (χ2v) is 19.5. The minimum absolute atomic E-state index is 0.215. The van der Waals surface area contributed by atoms with Crippen molar-refractivity contribution in [2.24, 2.45) is 0 Å². The van der Waals surface area contributed by atoms with Crippen LogP contribution < -0.4 is 0 Å². The Morgan fingerprint density at radius 2 is 1.33 bits per heavy atom. The average Bonchev–Trinajstić information content (AvgIpc) is 2.51. The van der Waals surface area contributed by atoms with Gasteiger partial charge in [-0.2, -0.15) is 0 Å². The van der Waals surface area contributed by atoms with E-state index >= 15 is 0 Å². The van der Waals surface area contributed by atoms with E-state index in [0.29, 0.717) is 0 Å². The Hall–Kier alpha value is 0.239. The number of unbranched alkanes of at least 4 members (excludes halogenated alkanes) is 3. The summed E-state index contributed by atoms with van der Waals surface area (Å²) >= 11 is -2.31. The third-order valence-electron chi connectivity index (χ3n) is 4.48. The van der Waals surface area contributed by atoms with Crippen LogP contribution >= 0.6 is 0 Å². The number of rotatable bonds is 13. The molecule has 0 aromatic rings. The van der Waals surface area contributed by atoms with Crippen LogP contribution in [0, 0.1) is 0 Å². The third-order valence-corrected chi connectivity index (χ3v) is 20.3. The van der Waals surface area contributed by atoms with Crippen LogP contribution in [0.25, 0.3) is 0 Å². The van der Waals surface area contributed by atoms with Crippen LogP contribution in [0.5, 0.6) is 0 Å².